The smallest absolute Gasteiger partial charge is 0.252 e. The summed E-state index contributed by atoms with van der Waals surface area (Å²) in [6.45, 7) is 5.24. The van der Waals surface area contributed by atoms with Crippen molar-refractivity contribution in [2.24, 2.45) is 4.99 Å². The molecule has 1 unspecified atom stereocenters. The van der Waals surface area contributed by atoms with E-state index in [2.05, 4.69) is 22.9 Å². The van der Waals surface area contributed by atoms with Crippen LogP contribution >= 0.6 is 12.6 Å². The third-order valence-electron chi connectivity index (χ3n) is 6.18. The number of amides is 2. The lowest BCUT2D eigenvalue weighted by molar-refractivity contribution is -0.125. The number of ketones is 1. The zero-order valence-corrected chi connectivity index (χ0v) is 22.0. The van der Waals surface area contributed by atoms with Crippen LogP contribution in [-0.4, -0.2) is 45.6 Å². The zero-order chi connectivity index (χ0) is 26.6. The van der Waals surface area contributed by atoms with Gasteiger partial charge >= 0.3 is 0 Å². The Morgan fingerprint density at radius 1 is 1.05 bits per heavy atom. The number of anilines is 2. The number of thiol groups is 1. The number of pyridine rings is 1. The molecule has 7 nitrogen and oxygen atoms in total. The molecule has 0 radical (unpaired) electrons. The van der Waals surface area contributed by atoms with Crippen molar-refractivity contribution in [3.63, 3.8) is 0 Å². The van der Waals surface area contributed by atoms with Gasteiger partial charge in [0.25, 0.3) is 5.91 Å². The first-order chi connectivity index (χ1) is 17.7. The Balaban J connectivity index is 1.74. The van der Waals surface area contributed by atoms with Gasteiger partial charge in [0.15, 0.2) is 5.78 Å². The fourth-order valence-electron chi connectivity index (χ4n) is 4.09. The number of benzodiazepines with no additional fused rings is 1. The number of nitrogens with one attached hydrogen (secondary N) is 1. The van der Waals surface area contributed by atoms with Crippen LogP contribution < -0.4 is 10.2 Å². The van der Waals surface area contributed by atoms with E-state index in [0.29, 0.717) is 28.3 Å². The quantitative estimate of drug-likeness (QED) is 0.433. The summed E-state index contributed by atoms with van der Waals surface area (Å²) in [7, 11) is 0. The summed E-state index contributed by atoms with van der Waals surface area (Å²) in [6, 6.07) is 19.3. The van der Waals surface area contributed by atoms with E-state index in [9.17, 15) is 14.4 Å². The van der Waals surface area contributed by atoms with E-state index in [1.165, 1.54) is 4.90 Å². The van der Waals surface area contributed by atoms with Crippen LogP contribution in [0.25, 0.3) is 0 Å². The van der Waals surface area contributed by atoms with Gasteiger partial charge in [-0.3, -0.25) is 24.4 Å². The van der Waals surface area contributed by atoms with Crippen LogP contribution in [0.4, 0.5) is 11.4 Å². The third kappa shape index (κ3) is 6.14. The first kappa shape index (κ1) is 26.3. The second kappa shape index (κ2) is 11.1. The molecule has 1 aromatic heterocycles. The molecule has 8 heteroatoms. The molecule has 2 amide bonds. The van der Waals surface area contributed by atoms with Crippen molar-refractivity contribution in [1.82, 2.24) is 4.98 Å². The van der Waals surface area contributed by atoms with Crippen molar-refractivity contribution in [2.75, 3.05) is 16.8 Å². The number of aromatic nitrogens is 1. The Kier molecular flexibility index (Phi) is 7.88. The number of nitrogens with zero attached hydrogens (tertiary/aromatic N) is 3. The van der Waals surface area contributed by atoms with E-state index in [-0.39, 0.29) is 24.7 Å². The standard InChI is InChI=1S/C29H30N4O3S/c1-4-19-10-9-11-20(16-19)31-26(35)17-23-28(36)33(18-25(34)29(2,3)37)24-14-6-5-12-21(24)27(32-23)22-13-7-8-15-30-22/h5-16,23,37H,4,17-18H2,1-3H3,(H,31,35). The van der Waals surface area contributed by atoms with Gasteiger partial charge in [0.05, 0.1) is 34.8 Å². The Morgan fingerprint density at radius 2 is 1.81 bits per heavy atom. The number of para-hydroxylation sites is 1. The highest BCUT2D eigenvalue weighted by Crippen LogP contribution is 2.30. The maximum absolute atomic E-state index is 13.9. The summed E-state index contributed by atoms with van der Waals surface area (Å²) in [5.74, 6) is -0.996. The molecule has 0 fully saturated rings. The zero-order valence-electron chi connectivity index (χ0n) is 21.1. The number of aryl methyl sites for hydroxylation is 1. The lowest BCUT2D eigenvalue weighted by atomic mass is 10.0. The number of hydrogen-bond acceptors (Lipinski definition) is 6. The van der Waals surface area contributed by atoms with Crippen LogP contribution in [0, 0.1) is 0 Å². The lowest BCUT2D eigenvalue weighted by Gasteiger charge is -2.27. The van der Waals surface area contributed by atoms with Gasteiger partial charge < -0.3 is 10.2 Å². The molecule has 1 atom stereocenters. The molecule has 2 heterocycles. The number of carbonyl (C=O) groups excluding carboxylic acids is 3. The molecule has 0 aliphatic carbocycles. The number of benzene rings is 2. The Bertz CT molecular complexity index is 1350. The minimum absolute atomic E-state index is 0.186. The van der Waals surface area contributed by atoms with E-state index in [1.807, 2.05) is 55.5 Å². The van der Waals surface area contributed by atoms with E-state index in [0.717, 1.165) is 12.0 Å². The highest BCUT2D eigenvalue weighted by molar-refractivity contribution is 7.82. The summed E-state index contributed by atoms with van der Waals surface area (Å²) < 4.78 is -0.941. The van der Waals surface area contributed by atoms with Crippen LogP contribution in [0.3, 0.4) is 0 Å². The normalized spacial score (nSPS) is 15.5. The van der Waals surface area contributed by atoms with E-state index in [1.54, 1.807) is 38.2 Å². The van der Waals surface area contributed by atoms with Gasteiger partial charge in [-0.15, -0.1) is 0 Å². The van der Waals surface area contributed by atoms with E-state index >= 15 is 0 Å². The summed E-state index contributed by atoms with van der Waals surface area (Å²) in [6.07, 6.45) is 2.31. The van der Waals surface area contributed by atoms with E-state index < -0.39 is 16.7 Å². The van der Waals surface area contributed by atoms with Crippen LogP contribution in [0.2, 0.25) is 0 Å². The van der Waals surface area contributed by atoms with Crippen molar-refractivity contribution in [2.45, 2.75) is 44.4 Å². The molecule has 2 aromatic carbocycles. The molecule has 0 spiro atoms. The molecule has 0 bridgehead atoms. The molecule has 190 valence electrons. The predicted octanol–water partition coefficient (Wildman–Crippen LogP) is 4.50. The van der Waals surface area contributed by atoms with Crippen LogP contribution in [0.15, 0.2) is 77.9 Å². The molecule has 4 rings (SSSR count). The van der Waals surface area contributed by atoms with Crippen molar-refractivity contribution >= 4 is 47.3 Å². The topological polar surface area (TPSA) is 91.7 Å². The van der Waals surface area contributed by atoms with Gasteiger partial charge in [-0.2, -0.15) is 12.6 Å². The minimum atomic E-state index is -1.05. The highest BCUT2D eigenvalue weighted by Gasteiger charge is 2.36. The molecular formula is C29H30N4O3S. The van der Waals surface area contributed by atoms with Crippen LogP contribution in [-0.2, 0) is 20.8 Å². The van der Waals surface area contributed by atoms with E-state index in [4.69, 9.17) is 4.99 Å². The number of Topliss-reactive ketones (excluding diaryl/α,β-unsaturated/α-hetero) is 1. The average Bonchev–Trinajstić information content (AvgIpc) is 2.99. The molecule has 0 saturated carbocycles. The third-order valence-corrected chi connectivity index (χ3v) is 6.42. The Labute approximate surface area is 222 Å². The van der Waals surface area contributed by atoms with Gasteiger partial charge in [-0.1, -0.05) is 43.3 Å². The van der Waals surface area contributed by atoms with Crippen molar-refractivity contribution in [3.05, 3.63) is 89.7 Å². The van der Waals surface area contributed by atoms with Gasteiger partial charge in [-0.05, 0) is 56.2 Å². The Morgan fingerprint density at radius 3 is 2.51 bits per heavy atom. The fraction of sp³-hybridized carbons (Fsp3) is 0.276. The number of aliphatic imine (C=N–C) groups is 1. The lowest BCUT2D eigenvalue weighted by Crippen LogP contribution is -2.45. The van der Waals surface area contributed by atoms with Crippen molar-refractivity contribution < 1.29 is 14.4 Å². The predicted molar refractivity (Wildman–Crippen MR) is 150 cm³/mol. The highest BCUT2D eigenvalue weighted by atomic mass is 32.1. The fourth-order valence-corrected chi connectivity index (χ4v) is 4.16. The van der Waals surface area contributed by atoms with Gasteiger partial charge in [0, 0.05) is 17.4 Å². The van der Waals surface area contributed by atoms with Crippen molar-refractivity contribution in [3.8, 4) is 0 Å². The maximum Gasteiger partial charge on any atom is 0.252 e. The van der Waals surface area contributed by atoms with Gasteiger partial charge in [0.1, 0.15) is 6.04 Å². The summed E-state index contributed by atoms with van der Waals surface area (Å²) in [4.78, 5) is 50.6. The molecule has 1 aliphatic rings. The second-order valence-electron chi connectivity index (χ2n) is 9.44. The average molecular weight is 515 g/mol. The first-order valence-electron chi connectivity index (χ1n) is 12.2. The largest absolute Gasteiger partial charge is 0.326 e. The van der Waals surface area contributed by atoms with Gasteiger partial charge in [0.2, 0.25) is 5.91 Å². The first-order valence-corrected chi connectivity index (χ1v) is 12.7. The number of rotatable bonds is 8. The van der Waals surface area contributed by atoms with Crippen LogP contribution in [0.5, 0.6) is 0 Å². The number of hydrogen-bond donors (Lipinski definition) is 2. The Hall–Kier alpha value is -3.78. The molecule has 1 N–H and O–H groups in total. The monoisotopic (exact) mass is 514 g/mol. The maximum atomic E-state index is 13.9. The molecule has 0 saturated heterocycles. The molecule has 37 heavy (non-hydrogen) atoms. The van der Waals surface area contributed by atoms with Crippen LogP contribution in [0.1, 0.15) is 44.0 Å². The number of carbonyl (C=O) groups is 3. The summed E-state index contributed by atoms with van der Waals surface area (Å²) in [5.41, 5.74) is 4.03. The summed E-state index contributed by atoms with van der Waals surface area (Å²) >= 11 is 4.41. The SMILES string of the molecule is CCc1cccc(NC(=O)CC2N=C(c3ccccn3)c3ccccc3N(CC(=O)C(C)(C)S)C2=O)c1. The van der Waals surface area contributed by atoms with Crippen molar-refractivity contribution in [1.29, 1.82) is 0 Å². The summed E-state index contributed by atoms with van der Waals surface area (Å²) in [5, 5.41) is 2.89. The number of fused-ring (bicyclic) bond motifs is 1. The molecule has 3 aromatic rings. The van der Waals surface area contributed by atoms with Gasteiger partial charge in [-0.25, -0.2) is 0 Å². The molecule has 1 aliphatic heterocycles. The molecular weight excluding hydrogens is 484 g/mol. The second-order valence-corrected chi connectivity index (χ2v) is 10.6. The minimum Gasteiger partial charge on any atom is -0.326 e.